The summed E-state index contributed by atoms with van der Waals surface area (Å²) in [5, 5.41) is 0.517. The Balaban J connectivity index is 2.45. The Labute approximate surface area is 109 Å². The zero-order valence-electron chi connectivity index (χ0n) is 9.70. The van der Waals surface area contributed by atoms with Crippen molar-refractivity contribution in [3.63, 3.8) is 0 Å². The van der Waals surface area contributed by atoms with Gasteiger partial charge in [-0.1, -0.05) is 18.5 Å². The van der Waals surface area contributed by atoms with E-state index in [1.165, 1.54) is 31.0 Å². The first-order chi connectivity index (χ1) is 8.04. The average Bonchev–Trinajstić information content (AvgIpc) is 2.32. The van der Waals surface area contributed by atoms with E-state index >= 15 is 0 Å². The highest BCUT2D eigenvalue weighted by Gasteiger charge is 2.13. The van der Waals surface area contributed by atoms with Crippen LogP contribution in [0.1, 0.15) is 12.5 Å². The van der Waals surface area contributed by atoms with E-state index < -0.39 is 0 Å². The van der Waals surface area contributed by atoms with Gasteiger partial charge in [0.2, 0.25) is 0 Å². The summed E-state index contributed by atoms with van der Waals surface area (Å²) in [5.41, 5.74) is 0.555. The van der Waals surface area contributed by atoms with Crippen molar-refractivity contribution in [3.05, 3.63) is 34.6 Å². The summed E-state index contributed by atoms with van der Waals surface area (Å²) in [6.07, 6.45) is 0. The van der Waals surface area contributed by atoms with Crippen LogP contribution < -0.4 is 0 Å². The van der Waals surface area contributed by atoms with Crippen molar-refractivity contribution >= 4 is 29.3 Å². The van der Waals surface area contributed by atoms with Crippen LogP contribution in [0.5, 0.6) is 0 Å². The van der Waals surface area contributed by atoms with Gasteiger partial charge in [0, 0.05) is 16.5 Å². The van der Waals surface area contributed by atoms with Crippen LogP contribution in [0, 0.1) is 11.7 Å². The molecule has 0 saturated heterocycles. The minimum absolute atomic E-state index is 0.188. The highest BCUT2D eigenvalue weighted by molar-refractivity contribution is 7.98. The molecule has 94 valence electrons. The summed E-state index contributed by atoms with van der Waals surface area (Å²) < 4.78 is 18.0. The molecule has 0 bridgehead atoms. The third-order valence-corrected chi connectivity index (χ3v) is 3.72. The number of hydrogen-bond acceptors (Lipinski definition) is 3. The molecule has 1 unspecified atom stereocenters. The van der Waals surface area contributed by atoms with Gasteiger partial charge in [0.1, 0.15) is 5.82 Å². The summed E-state index contributed by atoms with van der Waals surface area (Å²) >= 11 is 7.26. The quantitative estimate of drug-likeness (QED) is 0.770. The number of carbonyl (C=O) groups excluding carboxylic acids is 1. The van der Waals surface area contributed by atoms with E-state index in [4.69, 9.17) is 11.6 Å². The summed E-state index contributed by atoms with van der Waals surface area (Å²) in [6, 6.07) is 4.47. The fourth-order valence-electron chi connectivity index (χ4n) is 1.27. The standard InChI is InChI=1S/C12H14ClFO2S/c1-8(12(15)16-2)6-17-7-9-5-10(13)3-4-11(9)14/h3-5,8H,6-7H2,1-2H3. The molecule has 0 amide bonds. The van der Waals surface area contributed by atoms with E-state index in [1.54, 1.807) is 13.0 Å². The molecule has 0 fully saturated rings. The number of thioether (sulfide) groups is 1. The van der Waals surface area contributed by atoms with Crippen molar-refractivity contribution in [2.24, 2.45) is 5.92 Å². The fraction of sp³-hybridized carbons (Fsp3) is 0.417. The molecule has 1 aromatic carbocycles. The highest BCUT2D eigenvalue weighted by atomic mass is 35.5. The Morgan fingerprint density at radius 2 is 2.29 bits per heavy atom. The molecule has 17 heavy (non-hydrogen) atoms. The first-order valence-electron chi connectivity index (χ1n) is 5.14. The zero-order chi connectivity index (χ0) is 12.8. The van der Waals surface area contributed by atoms with Crippen LogP contribution in [0.25, 0.3) is 0 Å². The predicted octanol–water partition coefficient (Wildman–Crippen LogP) is 3.52. The first-order valence-corrected chi connectivity index (χ1v) is 6.67. The average molecular weight is 277 g/mol. The van der Waals surface area contributed by atoms with Crippen LogP contribution in [0.3, 0.4) is 0 Å². The lowest BCUT2D eigenvalue weighted by molar-refractivity contribution is -0.143. The molecule has 0 N–H and O–H groups in total. The second-order valence-electron chi connectivity index (χ2n) is 3.68. The van der Waals surface area contributed by atoms with Gasteiger partial charge in [-0.15, -0.1) is 0 Å². The van der Waals surface area contributed by atoms with Crippen molar-refractivity contribution in [2.75, 3.05) is 12.9 Å². The Kier molecular flexibility index (Phi) is 5.78. The maximum Gasteiger partial charge on any atom is 0.309 e. The van der Waals surface area contributed by atoms with E-state index in [1.807, 2.05) is 0 Å². The van der Waals surface area contributed by atoms with Crippen molar-refractivity contribution in [2.45, 2.75) is 12.7 Å². The molecule has 0 aliphatic carbocycles. The summed E-state index contributed by atoms with van der Waals surface area (Å²) in [6.45, 7) is 1.78. The number of halogens is 2. The second kappa shape index (κ2) is 6.87. The molecule has 0 heterocycles. The minimum atomic E-state index is -0.271. The van der Waals surface area contributed by atoms with Gasteiger partial charge in [-0.05, 0) is 23.8 Å². The van der Waals surface area contributed by atoms with Crippen LogP contribution >= 0.6 is 23.4 Å². The molecule has 0 radical (unpaired) electrons. The SMILES string of the molecule is COC(=O)C(C)CSCc1cc(Cl)ccc1F. The second-order valence-corrected chi connectivity index (χ2v) is 5.14. The molecular weight excluding hydrogens is 263 g/mol. The van der Waals surface area contributed by atoms with Crippen LogP contribution in [-0.2, 0) is 15.3 Å². The van der Waals surface area contributed by atoms with Gasteiger partial charge < -0.3 is 4.74 Å². The lowest BCUT2D eigenvalue weighted by Crippen LogP contribution is -2.14. The van der Waals surface area contributed by atoms with Crippen LogP contribution in [0.2, 0.25) is 5.02 Å². The van der Waals surface area contributed by atoms with E-state index in [2.05, 4.69) is 4.74 Å². The topological polar surface area (TPSA) is 26.3 Å². The van der Waals surface area contributed by atoms with Crippen molar-refractivity contribution in [1.82, 2.24) is 0 Å². The maximum absolute atomic E-state index is 13.4. The maximum atomic E-state index is 13.4. The van der Waals surface area contributed by atoms with Gasteiger partial charge in [0.05, 0.1) is 13.0 Å². The molecule has 1 rings (SSSR count). The van der Waals surface area contributed by atoms with Gasteiger partial charge in [0.25, 0.3) is 0 Å². The molecule has 0 spiro atoms. The third-order valence-electron chi connectivity index (χ3n) is 2.24. The van der Waals surface area contributed by atoms with Gasteiger partial charge in [-0.2, -0.15) is 11.8 Å². The van der Waals surface area contributed by atoms with Crippen LogP contribution in [-0.4, -0.2) is 18.8 Å². The first kappa shape index (κ1) is 14.3. The number of esters is 1. The molecule has 1 aromatic rings. The minimum Gasteiger partial charge on any atom is -0.469 e. The number of benzene rings is 1. The zero-order valence-corrected chi connectivity index (χ0v) is 11.3. The largest absolute Gasteiger partial charge is 0.469 e. The van der Waals surface area contributed by atoms with E-state index in [0.717, 1.165) is 0 Å². The number of methoxy groups -OCH3 is 1. The van der Waals surface area contributed by atoms with Gasteiger partial charge in [0.15, 0.2) is 0 Å². The Hall–Kier alpha value is -0.740. The lowest BCUT2D eigenvalue weighted by atomic mass is 10.2. The van der Waals surface area contributed by atoms with Crippen molar-refractivity contribution < 1.29 is 13.9 Å². The number of ether oxygens (including phenoxy) is 1. The number of carbonyl (C=O) groups is 1. The summed E-state index contributed by atoms with van der Waals surface area (Å²) in [5.74, 6) is 0.385. The van der Waals surface area contributed by atoms with Gasteiger partial charge >= 0.3 is 5.97 Å². The van der Waals surface area contributed by atoms with E-state index in [9.17, 15) is 9.18 Å². The van der Waals surface area contributed by atoms with Crippen LogP contribution in [0.4, 0.5) is 4.39 Å². The number of rotatable bonds is 5. The van der Waals surface area contributed by atoms with Crippen LogP contribution in [0.15, 0.2) is 18.2 Å². The third kappa shape index (κ3) is 4.56. The fourth-order valence-corrected chi connectivity index (χ4v) is 2.51. The van der Waals surface area contributed by atoms with E-state index in [0.29, 0.717) is 22.1 Å². The van der Waals surface area contributed by atoms with E-state index in [-0.39, 0.29) is 17.7 Å². The van der Waals surface area contributed by atoms with Crippen molar-refractivity contribution in [1.29, 1.82) is 0 Å². The molecule has 0 saturated carbocycles. The van der Waals surface area contributed by atoms with Gasteiger partial charge in [-0.3, -0.25) is 4.79 Å². The molecule has 5 heteroatoms. The predicted molar refractivity (Wildman–Crippen MR) is 68.8 cm³/mol. The smallest absolute Gasteiger partial charge is 0.309 e. The molecular formula is C12H14ClFO2S. The number of hydrogen-bond donors (Lipinski definition) is 0. The molecule has 0 aliphatic rings. The molecule has 2 nitrogen and oxygen atoms in total. The Bertz CT molecular complexity index is 398. The lowest BCUT2D eigenvalue weighted by Gasteiger charge is -2.09. The molecule has 0 aromatic heterocycles. The Morgan fingerprint density at radius 1 is 1.59 bits per heavy atom. The highest BCUT2D eigenvalue weighted by Crippen LogP contribution is 2.21. The monoisotopic (exact) mass is 276 g/mol. The molecule has 0 aliphatic heterocycles. The summed E-state index contributed by atoms with van der Waals surface area (Å²) in [7, 11) is 1.36. The molecule has 1 atom stereocenters. The van der Waals surface area contributed by atoms with Crippen molar-refractivity contribution in [3.8, 4) is 0 Å². The Morgan fingerprint density at radius 3 is 2.94 bits per heavy atom. The van der Waals surface area contributed by atoms with Gasteiger partial charge in [-0.25, -0.2) is 4.39 Å². The summed E-state index contributed by atoms with van der Waals surface area (Å²) in [4.78, 5) is 11.1. The normalized spacial score (nSPS) is 12.2.